The minimum absolute atomic E-state index is 0.824. The summed E-state index contributed by atoms with van der Waals surface area (Å²) < 4.78 is 0. The third-order valence-corrected chi connectivity index (χ3v) is 16.6. The third-order valence-electron chi connectivity index (χ3n) is 6.32. The van der Waals surface area contributed by atoms with E-state index in [9.17, 15) is 0 Å². The Morgan fingerprint density at radius 1 is 0.562 bits per heavy atom. The second-order valence-corrected chi connectivity index (χ2v) is 17.8. The summed E-state index contributed by atoms with van der Waals surface area (Å²) in [6, 6.07) is 41.4. The van der Waals surface area contributed by atoms with Crippen molar-refractivity contribution >= 4 is 48.3 Å². The predicted octanol–water partition coefficient (Wildman–Crippen LogP) is 7.89. The van der Waals surface area contributed by atoms with E-state index in [0.717, 1.165) is 30.4 Å². The van der Waals surface area contributed by atoms with Gasteiger partial charge < -0.3 is 0 Å². The van der Waals surface area contributed by atoms with Crippen LogP contribution in [0.5, 0.6) is 0 Å². The van der Waals surface area contributed by atoms with Gasteiger partial charge in [-0.2, -0.15) is 0 Å². The van der Waals surface area contributed by atoms with E-state index in [4.69, 9.17) is 11.6 Å². The molecule has 0 fully saturated rings. The van der Waals surface area contributed by atoms with Crippen LogP contribution >= 0.6 is 32.4 Å². The first kappa shape index (κ1) is 23.2. The molecule has 0 saturated carbocycles. The van der Waals surface area contributed by atoms with Crippen LogP contribution in [0.3, 0.4) is 0 Å². The average Bonchev–Trinajstić information content (AvgIpc) is 2.85. The van der Waals surface area contributed by atoms with Crippen LogP contribution in [0.4, 0.5) is 0 Å². The summed E-state index contributed by atoms with van der Waals surface area (Å²) in [5, 5.41) is 2.22. The van der Waals surface area contributed by atoms with Crippen molar-refractivity contribution in [2.45, 2.75) is 25.7 Å². The number of hydrogen-bond acceptors (Lipinski definition) is 0. The third kappa shape index (κ3) is 4.72. The van der Waals surface area contributed by atoms with Crippen molar-refractivity contribution in [2.24, 2.45) is 0 Å². The molecule has 0 amide bonds. The molecule has 0 atom stereocenters. The second-order valence-electron chi connectivity index (χ2n) is 8.35. The zero-order chi connectivity index (χ0) is 22.3. The molecule has 0 radical (unpaired) electrons. The SMILES string of the molecule is Clc1cccc(CCCCCP(Br)(c2ccccc2)(c2ccccc2)c2ccccc2)c1. The monoisotopic (exact) mass is 522 g/mol. The molecule has 0 bridgehead atoms. The van der Waals surface area contributed by atoms with Crippen LogP contribution in [0.1, 0.15) is 24.8 Å². The molecule has 164 valence electrons. The Bertz CT molecular complexity index is 1030. The summed E-state index contributed by atoms with van der Waals surface area (Å²) in [6.07, 6.45) is 5.67. The Kier molecular flexibility index (Phi) is 7.51. The van der Waals surface area contributed by atoms with Crippen LogP contribution in [-0.4, -0.2) is 6.16 Å². The van der Waals surface area contributed by atoms with Gasteiger partial charge in [0.25, 0.3) is 0 Å². The summed E-state index contributed by atoms with van der Waals surface area (Å²) >= 11 is 10.7. The van der Waals surface area contributed by atoms with Gasteiger partial charge in [-0.1, -0.05) is 0 Å². The molecule has 0 unspecified atom stereocenters. The fourth-order valence-corrected chi connectivity index (χ4v) is 12.6. The van der Waals surface area contributed by atoms with Crippen LogP contribution in [0.25, 0.3) is 0 Å². The Morgan fingerprint density at radius 2 is 1.06 bits per heavy atom. The minimum atomic E-state index is -2.78. The molecule has 0 N–H and O–H groups in total. The van der Waals surface area contributed by atoms with E-state index in [-0.39, 0.29) is 0 Å². The number of hydrogen-bond donors (Lipinski definition) is 0. The Labute approximate surface area is 205 Å². The van der Waals surface area contributed by atoms with Gasteiger partial charge in [0.05, 0.1) is 0 Å². The molecule has 32 heavy (non-hydrogen) atoms. The molecule has 0 aliphatic rings. The fourth-order valence-electron chi connectivity index (χ4n) is 4.66. The quantitative estimate of drug-likeness (QED) is 0.155. The van der Waals surface area contributed by atoms with E-state index >= 15 is 0 Å². The first-order valence-electron chi connectivity index (χ1n) is 11.3. The first-order chi connectivity index (χ1) is 15.6. The Balaban J connectivity index is 1.66. The van der Waals surface area contributed by atoms with Crippen molar-refractivity contribution in [3.63, 3.8) is 0 Å². The van der Waals surface area contributed by atoms with Crippen LogP contribution in [0.15, 0.2) is 115 Å². The van der Waals surface area contributed by atoms with Crippen molar-refractivity contribution in [3.8, 4) is 0 Å². The maximum atomic E-state index is 6.17. The molecule has 0 spiro atoms. The molecule has 0 heterocycles. The summed E-state index contributed by atoms with van der Waals surface area (Å²) in [4.78, 5) is 0. The van der Waals surface area contributed by atoms with Gasteiger partial charge in [0.15, 0.2) is 0 Å². The van der Waals surface area contributed by atoms with Gasteiger partial charge in [0.2, 0.25) is 0 Å². The molecule has 0 saturated heterocycles. The predicted molar refractivity (Wildman–Crippen MR) is 148 cm³/mol. The Hall–Kier alpha value is -1.92. The summed E-state index contributed by atoms with van der Waals surface area (Å²) in [5.74, 6) is 0. The van der Waals surface area contributed by atoms with Crippen molar-refractivity contribution in [1.29, 1.82) is 0 Å². The zero-order valence-electron chi connectivity index (χ0n) is 18.2. The summed E-state index contributed by atoms with van der Waals surface area (Å²) in [5.41, 5.74) is 1.32. The normalized spacial score (nSPS) is 12.8. The van der Waals surface area contributed by atoms with E-state index in [1.165, 1.54) is 27.9 Å². The molecular formula is C29H29BrClP. The van der Waals surface area contributed by atoms with Crippen LogP contribution in [-0.2, 0) is 6.42 Å². The molecule has 0 aliphatic heterocycles. The number of unbranched alkanes of at least 4 members (excludes halogenated alkanes) is 2. The van der Waals surface area contributed by atoms with Gasteiger partial charge in [0, 0.05) is 0 Å². The van der Waals surface area contributed by atoms with Crippen molar-refractivity contribution < 1.29 is 0 Å². The zero-order valence-corrected chi connectivity index (χ0v) is 21.4. The summed E-state index contributed by atoms with van der Waals surface area (Å²) in [7, 11) is 0. The standard InChI is InChI=1S/C29H29BrClP/c30-32(27-17-6-1-7-18-27,28-19-8-2-9-20-28,29-21-10-3-11-22-29)23-12-4-5-14-25-15-13-16-26(31)24-25/h1-3,6-11,13,15-22,24H,4-5,12,14,23H2. The van der Waals surface area contributed by atoms with E-state index < -0.39 is 5.31 Å². The van der Waals surface area contributed by atoms with Crippen LogP contribution in [0, 0.1) is 0 Å². The average molecular weight is 524 g/mol. The molecule has 0 aliphatic carbocycles. The fraction of sp³-hybridized carbons (Fsp3) is 0.172. The van der Waals surface area contributed by atoms with Gasteiger partial charge in [-0.25, -0.2) is 0 Å². The van der Waals surface area contributed by atoms with E-state index in [1.807, 2.05) is 12.1 Å². The number of benzene rings is 4. The van der Waals surface area contributed by atoms with Gasteiger partial charge in [-0.15, -0.1) is 0 Å². The Morgan fingerprint density at radius 3 is 1.53 bits per heavy atom. The topological polar surface area (TPSA) is 0 Å². The maximum absolute atomic E-state index is 6.17. The molecular weight excluding hydrogens is 495 g/mol. The second kappa shape index (κ2) is 10.3. The van der Waals surface area contributed by atoms with E-state index in [1.54, 1.807) is 0 Å². The van der Waals surface area contributed by atoms with Gasteiger partial charge >= 0.3 is 206 Å². The van der Waals surface area contributed by atoms with Gasteiger partial charge in [-0.05, 0) is 0 Å². The number of rotatable bonds is 9. The van der Waals surface area contributed by atoms with Gasteiger partial charge in [0.1, 0.15) is 0 Å². The molecule has 4 rings (SSSR count). The number of halogens is 2. The molecule has 0 nitrogen and oxygen atoms in total. The van der Waals surface area contributed by atoms with Crippen molar-refractivity contribution in [1.82, 2.24) is 0 Å². The molecule has 0 aromatic heterocycles. The van der Waals surface area contributed by atoms with E-state index in [0.29, 0.717) is 0 Å². The molecule has 3 heteroatoms. The van der Waals surface area contributed by atoms with Crippen molar-refractivity contribution in [2.75, 3.05) is 6.16 Å². The van der Waals surface area contributed by atoms with Crippen LogP contribution < -0.4 is 15.9 Å². The number of aryl methyl sites for hydroxylation is 1. The van der Waals surface area contributed by atoms with Gasteiger partial charge in [-0.3, -0.25) is 0 Å². The van der Waals surface area contributed by atoms with Crippen LogP contribution in [0.2, 0.25) is 5.02 Å². The molecule has 4 aromatic carbocycles. The van der Waals surface area contributed by atoms with Crippen molar-refractivity contribution in [3.05, 3.63) is 126 Å². The first-order valence-corrected chi connectivity index (χ1v) is 16.1. The van der Waals surface area contributed by atoms with E-state index in [2.05, 4.69) is 119 Å². The molecule has 4 aromatic rings. The summed E-state index contributed by atoms with van der Waals surface area (Å²) in [6.45, 7) is 0.